The molecule has 0 spiro atoms. The molecule has 0 atom stereocenters. The molecule has 0 aliphatic carbocycles. The predicted octanol–water partition coefficient (Wildman–Crippen LogP) is 4.52. The van der Waals surface area contributed by atoms with Gasteiger partial charge in [0, 0.05) is 47.8 Å². The van der Waals surface area contributed by atoms with Crippen LogP contribution in [-0.4, -0.2) is 28.8 Å². The van der Waals surface area contributed by atoms with Crippen LogP contribution < -0.4 is 21.8 Å². The lowest BCUT2D eigenvalue weighted by Crippen LogP contribution is -2.29. The van der Waals surface area contributed by atoms with E-state index in [2.05, 4.69) is 50.6 Å². The number of benzene rings is 1. The number of aromatic nitrogens is 2. The molecule has 0 radical (unpaired) electrons. The first-order chi connectivity index (χ1) is 17.0. The first-order valence-electron chi connectivity index (χ1n) is 12.2. The first kappa shape index (κ1) is 22.8. The summed E-state index contributed by atoms with van der Waals surface area (Å²) in [6, 6.07) is 10.7. The van der Waals surface area contributed by atoms with Crippen molar-refractivity contribution < 1.29 is 0 Å². The van der Waals surface area contributed by atoms with E-state index in [1.807, 2.05) is 32.2 Å². The summed E-state index contributed by atoms with van der Waals surface area (Å²) in [6.45, 7) is 6.89. The molecule has 0 saturated carbocycles. The number of hydrazone groups is 1. The van der Waals surface area contributed by atoms with E-state index in [0.717, 1.165) is 57.8 Å². The summed E-state index contributed by atoms with van der Waals surface area (Å²) < 4.78 is 0. The van der Waals surface area contributed by atoms with E-state index in [-0.39, 0.29) is 0 Å². The van der Waals surface area contributed by atoms with Crippen molar-refractivity contribution >= 4 is 28.0 Å². The van der Waals surface area contributed by atoms with Gasteiger partial charge in [0.1, 0.15) is 11.4 Å². The van der Waals surface area contributed by atoms with Gasteiger partial charge >= 0.3 is 0 Å². The molecule has 2 aromatic heterocycles. The normalized spacial score (nSPS) is 16.5. The second kappa shape index (κ2) is 9.70. The number of nitrogens with zero attached hydrogens (tertiary/aromatic N) is 3. The second-order valence-corrected chi connectivity index (χ2v) is 9.48. The molecule has 0 amide bonds. The number of hydrogen-bond acceptors (Lipinski definition) is 6. The summed E-state index contributed by atoms with van der Waals surface area (Å²) in [5.74, 6) is 0. The molecular weight excluding hydrogens is 434 g/mol. The fourth-order valence-corrected chi connectivity index (χ4v) is 4.93. The molecule has 4 heterocycles. The van der Waals surface area contributed by atoms with Crippen LogP contribution in [0, 0.1) is 0 Å². The Morgan fingerprint density at radius 3 is 2.66 bits per heavy atom. The Labute approximate surface area is 206 Å². The highest BCUT2D eigenvalue weighted by atomic mass is 15.3. The van der Waals surface area contributed by atoms with Gasteiger partial charge in [0.2, 0.25) is 0 Å². The topological polar surface area (TPSA) is 108 Å². The summed E-state index contributed by atoms with van der Waals surface area (Å²) in [6.07, 6.45) is 11.1. The van der Waals surface area contributed by atoms with Gasteiger partial charge < -0.3 is 26.8 Å². The number of nitrogens with one attached hydrogen (secondary N) is 2. The first-order valence-corrected chi connectivity index (χ1v) is 12.2. The number of piperidine rings is 1. The fourth-order valence-electron chi connectivity index (χ4n) is 4.93. The van der Waals surface area contributed by atoms with Gasteiger partial charge in [-0.05, 0) is 80.2 Å². The van der Waals surface area contributed by atoms with E-state index >= 15 is 0 Å². The molecule has 7 nitrogen and oxygen atoms in total. The molecule has 3 aromatic rings. The number of fused-ring (bicyclic) bond motifs is 2. The van der Waals surface area contributed by atoms with Crippen LogP contribution in [0.3, 0.4) is 0 Å². The third-order valence-electron chi connectivity index (χ3n) is 6.58. The average molecular weight is 468 g/mol. The zero-order valence-electron chi connectivity index (χ0n) is 20.4. The van der Waals surface area contributed by atoms with Crippen LogP contribution in [0.15, 0.2) is 71.3 Å². The molecule has 7 heteroatoms. The Morgan fingerprint density at radius 1 is 1.06 bits per heavy atom. The molecule has 5 rings (SSSR count). The largest absolute Gasteiger partial charge is 0.404 e. The SMILES string of the molecule is CC(C)=C/C(N)=C\C(=C/N)c1ccc2c(c1)C(c1cc3c(N4CCCCC4)ccnc3[nH]1)=NNC2. The minimum absolute atomic E-state index is 0.668. The van der Waals surface area contributed by atoms with Crippen molar-refractivity contribution in [1.29, 1.82) is 0 Å². The standard InChI is InChI=1S/C28H33N7/c1-18(2)12-22(30)13-21(16-29)19-6-7-20-17-32-34-27(23(20)14-19)25-15-24-26(8-9-31-28(24)33-25)35-10-4-3-5-11-35/h6-9,12-16,32H,3-5,10-11,17,29-30H2,1-2H3,(H,31,33)/b21-16+,22-13+. The number of H-pyrrole nitrogens is 1. The van der Waals surface area contributed by atoms with E-state index in [1.165, 1.54) is 30.5 Å². The van der Waals surface area contributed by atoms with Gasteiger partial charge in [-0.2, -0.15) is 5.10 Å². The highest BCUT2D eigenvalue weighted by Gasteiger charge is 2.21. The molecule has 180 valence electrons. The van der Waals surface area contributed by atoms with Crippen molar-refractivity contribution in [3.63, 3.8) is 0 Å². The second-order valence-electron chi connectivity index (χ2n) is 9.48. The molecule has 1 fully saturated rings. The van der Waals surface area contributed by atoms with E-state index in [9.17, 15) is 0 Å². The van der Waals surface area contributed by atoms with Crippen molar-refractivity contribution in [2.24, 2.45) is 16.6 Å². The Morgan fingerprint density at radius 2 is 1.89 bits per heavy atom. The van der Waals surface area contributed by atoms with Crippen LogP contribution >= 0.6 is 0 Å². The zero-order chi connectivity index (χ0) is 24.4. The predicted molar refractivity (Wildman–Crippen MR) is 145 cm³/mol. The highest BCUT2D eigenvalue weighted by molar-refractivity contribution is 6.15. The maximum Gasteiger partial charge on any atom is 0.139 e. The number of anilines is 1. The van der Waals surface area contributed by atoms with Gasteiger partial charge in [0.25, 0.3) is 0 Å². The van der Waals surface area contributed by atoms with Crippen molar-refractivity contribution in [2.45, 2.75) is 39.7 Å². The molecule has 2 aliphatic rings. The lowest BCUT2D eigenvalue weighted by Gasteiger charge is -2.29. The van der Waals surface area contributed by atoms with Crippen LogP contribution in [0.2, 0.25) is 0 Å². The van der Waals surface area contributed by atoms with Gasteiger partial charge in [-0.15, -0.1) is 0 Å². The highest BCUT2D eigenvalue weighted by Crippen LogP contribution is 2.31. The Hall–Kier alpha value is -4.00. The van der Waals surface area contributed by atoms with E-state index < -0.39 is 0 Å². The molecule has 35 heavy (non-hydrogen) atoms. The van der Waals surface area contributed by atoms with Gasteiger partial charge in [0.05, 0.1) is 12.2 Å². The Balaban J connectivity index is 1.54. The molecule has 0 bridgehead atoms. The quantitative estimate of drug-likeness (QED) is 0.413. The number of hydrogen-bond donors (Lipinski definition) is 4. The monoisotopic (exact) mass is 467 g/mol. The van der Waals surface area contributed by atoms with Gasteiger partial charge in [-0.3, -0.25) is 0 Å². The van der Waals surface area contributed by atoms with Crippen LogP contribution in [0.5, 0.6) is 0 Å². The fraction of sp³-hybridized carbons (Fsp3) is 0.286. The lowest BCUT2D eigenvalue weighted by atomic mass is 9.94. The van der Waals surface area contributed by atoms with E-state index in [1.54, 1.807) is 6.20 Å². The molecule has 0 unspecified atom stereocenters. The smallest absolute Gasteiger partial charge is 0.139 e. The third-order valence-corrected chi connectivity index (χ3v) is 6.58. The van der Waals surface area contributed by atoms with Crippen molar-refractivity contribution in [1.82, 2.24) is 15.4 Å². The summed E-state index contributed by atoms with van der Waals surface area (Å²) in [7, 11) is 0. The number of allylic oxidation sites excluding steroid dienone is 4. The molecule has 1 saturated heterocycles. The Bertz CT molecular complexity index is 1360. The summed E-state index contributed by atoms with van der Waals surface area (Å²) in [4.78, 5) is 10.6. The van der Waals surface area contributed by atoms with Gasteiger partial charge in [-0.25, -0.2) is 4.98 Å². The maximum atomic E-state index is 6.20. The number of rotatable bonds is 5. The van der Waals surface area contributed by atoms with Gasteiger partial charge in [-0.1, -0.05) is 17.7 Å². The molecule has 6 N–H and O–H groups in total. The van der Waals surface area contributed by atoms with Crippen molar-refractivity contribution in [3.05, 3.63) is 88.5 Å². The summed E-state index contributed by atoms with van der Waals surface area (Å²) in [5, 5.41) is 5.83. The number of pyridine rings is 1. The molecule has 1 aromatic carbocycles. The van der Waals surface area contributed by atoms with Crippen molar-refractivity contribution in [3.8, 4) is 0 Å². The minimum Gasteiger partial charge on any atom is -0.404 e. The molecular formula is C28H33N7. The third kappa shape index (κ3) is 4.67. The van der Waals surface area contributed by atoms with Crippen LogP contribution in [0.25, 0.3) is 16.6 Å². The maximum absolute atomic E-state index is 6.20. The van der Waals surface area contributed by atoms with Crippen LogP contribution in [0.1, 0.15) is 55.5 Å². The van der Waals surface area contributed by atoms with Crippen LogP contribution in [-0.2, 0) is 6.54 Å². The van der Waals surface area contributed by atoms with E-state index in [0.29, 0.717) is 12.2 Å². The summed E-state index contributed by atoms with van der Waals surface area (Å²) >= 11 is 0. The zero-order valence-corrected chi connectivity index (χ0v) is 20.4. The van der Waals surface area contributed by atoms with Crippen molar-refractivity contribution in [2.75, 3.05) is 18.0 Å². The number of aromatic amines is 1. The minimum atomic E-state index is 0.668. The molecule has 2 aliphatic heterocycles. The lowest BCUT2D eigenvalue weighted by molar-refractivity contribution is 0.579. The Kier molecular flexibility index (Phi) is 6.31. The van der Waals surface area contributed by atoms with E-state index in [4.69, 9.17) is 16.6 Å². The van der Waals surface area contributed by atoms with Gasteiger partial charge in [0.15, 0.2) is 0 Å². The average Bonchev–Trinajstić information content (AvgIpc) is 3.31. The summed E-state index contributed by atoms with van der Waals surface area (Å²) in [5.41, 5.74) is 25.2. The van der Waals surface area contributed by atoms with Crippen LogP contribution in [0.4, 0.5) is 5.69 Å². The number of nitrogens with two attached hydrogens (primary N) is 2.